The van der Waals surface area contributed by atoms with E-state index < -0.39 is 18.0 Å². The molecule has 2 atom stereocenters. The summed E-state index contributed by atoms with van der Waals surface area (Å²) in [6, 6.07) is -0.394. The predicted octanol–water partition coefficient (Wildman–Crippen LogP) is 1.81. The van der Waals surface area contributed by atoms with E-state index in [0.717, 1.165) is 6.42 Å². The number of hydrogen-bond donors (Lipinski definition) is 0. The Balaban J connectivity index is 0. The molecule has 0 heterocycles. The molecule has 0 aromatic heterocycles. The molecule has 0 aromatic rings. The lowest BCUT2D eigenvalue weighted by molar-refractivity contribution is -0.527. The summed E-state index contributed by atoms with van der Waals surface area (Å²) in [5, 5.41) is 10.1. The largest absolute Gasteiger partial charge is 0.469 e. The normalized spacial score (nSPS) is 12.5. The monoisotopic (exact) mass is 277 g/mol. The Labute approximate surface area is 113 Å². The number of methoxy groups -OCH3 is 2. The minimum Gasteiger partial charge on any atom is -0.469 e. The lowest BCUT2D eigenvalue weighted by Gasteiger charge is -2.08. The Hall–Kier alpha value is -1.66. The van der Waals surface area contributed by atoms with Gasteiger partial charge in [-0.1, -0.05) is 13.8 Å². The highest BCUT2D eigenvalue weighted by molar-refractivity contribution is 5.77. The van der Waals surface area contributed by atoms with Crippen molar-refractivity contribution in [1.29, 1.82) is 0 Å². The molecule has 7 heteroatoms. The van der Waals surface area contributed by atoms with Crippen LogP contribution in [0.3, 0.4) is 0 Å². The van der Waals surface area contributed by atoms with E-state index in [1.54, 1.807) is 6.92 Å². The molecule has 0 aliphatic heterocycles. The van der Waals surface area contributed by atoms with Crippen molar-refractivity contribution < 1.29 is 24.0 Å². The number of carbonyl (C=O) groups excluding carboxylic acids is 2. The van der Waals surface area contributed by atoms with E-state index in [0.29, 0.717) is 0 Å². The predicted molar refractivity (Wildman–Crippen MR) is 69.2 cm³/mol. The van der Waals surface area contributed by atoms with Gasteiger partial charge in [0.15, 0.2) is 0 Å². The fraction of sp³-hybridized carbons (Fsp3) is 0.833. The molecule has 0 bridgehead atoms. The van der Waals surface area contributed by atoms with Gasteiger partial charge in [-0.15, -0.1) is 0 Å². The highest BCUT2D eigenvalue weighted by Gasteiger charge is 2.19. The van der Waals surface area contributed by atoms with Gasteiger partial charge in [0, 0.05) is 17.8 Å². The van der Waals surface area contributed by atoms with Crippen LogP contribution >= 0.6 is 0 Å². The number of ether oxygens (including phenoxy) is 2. The maximum atomic E-state index is 10.4. The lowest BCUT2D eigenvalue weighted by Crippen LogP contribution is -2.22. The van der Waals surface area contributed by atoms with Gasteiger partial charge >= 0.3 is 11.9 Å². The van der Waals surface area contributed by atoms with Crippen LogP contribution in [0.5, 0.6) is 0 Å². The number of esters is 2. The summed E-state index contributed by atoms with van der Waals surface area (Å²) in [5.41, 5.74) is 0. The topological polar surface area (TPSA) is 95.7 Å². The average Bonchev–Trinajstić information content (AvgIpc) is 2.42. The van der Waals surface area contributed by atoms with Gasteiger partial charge in [-0.25, -0.2) is 0 Å². The van der Waals surface area contributed by atoms with Crippen LogP contribution in [-0.4, -0.2) is 37.1 Å². The second kappa shape index (κ2) is 11.4. The molecule has 0 fully saturated rings. The fourth-order valence-corrected chi connectivity index (χ4v) is 0.957. The van der Waals surface area contributed by atoms with Gasteiger partial charge in [0.2, 0.25) is 6.04 Å². The summed E-state index contributed by atoms with van der Waals surface area (Å²) in [6.07, 6.45) is 1.05. The Morgan fingerprint density at radius 2 is 1.47 bits per heavy atom. The summed E-state index contributed by atoms with van der Waals surface area (Å²) in [6.45, 7) is 5.51. The molecule has 0 aliphatic rings. The molecule has 2 unspecified atom stereocenters. The lowest BCUT2D eigenvalue weighted by atomic mass is 10.0. The van der Waals surface area contributed by atoms with Crippen molar-refractivity contribution in [3.05, 3.63) is 10.1 Å². The first-order valence-electron chi connectivity index (χ1n) is 6.07. The first kappa shape index (κ1) is 19.7. The average molecular weight is 277 g/mol. The number of hydrogen-bond acceptors (Lipinski definition) is 6. The molecule has 112 valence electrons. The summed E-state index contributed by atoms with van der Waals surface area (Å²) < 4.78 is 8.60. The Morgan fingerprint density at radius 3 is 1.63 bits per heavy atom. The van der Waals surface area contributed by atoms with Crippen LogP contribution in [0.2, 0.25) is 0 Å². The first-order valence-corrected chi connectivity index (χ1v) is 6.07. The van der Waals surface area contributed by atoms with Crippen LogP contribution in [0.4, 0.5) is 0 Å². The van der Waals surface area contributed by atoms with Gasteiger partial charge in [0.1, 0.15) is 0 Å². The van der Waals surface area contributed by atoms with E-state index in [1.165, 1.54) is 14.2 Å². The summed E-state index contributed by atoms with van der Waals surface area (Å²) in [4.78, 5) is 30.7. The van der Waals surface area contributed by atoms with Crippen LogP contribution in [0.1, 0.15) is 40.0 Å². The number of rotatable bonds is 6. The van der Waals surface area contributed by atoms with Crippen LogP contribution < -0.4 is 0 Å². The van der Waals surface area contributed by atoms with Gasteiger partial charge in [-0.3, -0.25) is 19.7 Å². The van der Waals surface area contributed by atoms with Crippen LogP contribution in [0, 0.1) is 16.0 Å². The second-order valence-electron chi connectivity index (χ2n) is 4.06. The van der Waals surface area contributed by atoms with Crippen molar-refractivity contribution in [3.8, 4) is 0 Å². The summed E-state index contributed by atoms with van der Waals surface area (Å²) >= 11 is 0. The van der Waals surface area contributed by atoms with Crippen molar-refractivity contribution in [1.82, 2.24) is 0 Å². The van der Waals surface area contributed by atoms with Crippen molar-refractivity contribution in [2.24, 2.45) is 5.92 Å². The van der Waals surface area contributed by atoms with Crippen molar-refractivity contribution in [2.75, 3.05) is 14.2 Å². The molecule has 0 spiro atoms. The highest BCUT2D eigenvalue weighted by Crippen LogP contribution is 2.08. The van der Waals surface area contributed by atoms with Gasteiger partial charge in [-0.05, 0) is 6.42 Å². The molecule has 0 N–H and O–H groups in total. The SMILES string of the molecule is CCC(C)C(C)[N+](=O)[O-].COC(=O)CCC(=O)OC. The molecular formula is C12H23NO6. The zero-order valence-corrected chi connectivity index (χ0v) is 12.2. The van der Waals surface area contributed by atoms with E-state index in [9.17, 15) is 19.7 Å². The van der Waals surface area contributed by atoms with E-state index in [4.69, 9.17) is 0 Å². The van der Waals surface area contributed by atoms with Gasteiger partial charge in [0.25, 0.3) is 0 Å². The van der Waals surface area contributed by atoms with Crippen LogP contribution in [0.25, 0.3) is 0 Å². The quantitative estimate of drug-likeness (QED) is 0.417. The third-order valence-corrected chi connectivity index (χ3v) is 2.79. The molecule has 0 aromatic carbocycles. The maximum Gasteiger partial charge on any atom is 0.306 e. The zero-order valence-electron chi connectivity index (χ0n) is 12.2. The Morgan fingerprint density at radius 1 is 1.11 bits per heavy atom. The second-order valence-corrected chi connectivity index (χ2v) is 4.06. The van der Waals surface area contributed by atoms with E-state index in [2.05, 4.69) is 9.47 Å². The van der Waals surface area contributed by atoms with Gasteiger partial charge in [0.05, 0.1) is 27.1 Å². The van der Waals surface area contributed by atoms with Crippen molar-refractivity contribution in [3.63, 3.8) is 0 Å². The minimum atomic E-state index is -0.398. The van der Waals surface area contributed by atoms with E-state index in [1.807, 2.05) is 13.8 Å². The molecule has 0 saturated heterocycles. The minimum absolute atomic E-state index is 0.0865. The summed E-state index contributed by atoms with van der Waals surface area (Å²) in [5.74, 6) is -0.601. The fourth-order valence-electron chi connectivity index (χ4n) is 0.957. The third kappa shape index (κ3) is 11.2. The summed E-state index contributed by atoms with van der Waals surface area (Å²) in [7, 11) is 2.55. The van der Waals surface area contributed by atoms with E-state index in [-0.39, 0.29) is 23.7 Å². The Kier molecular flexibility index (Phi) is 11.8. The number of carbonyl (C=O) groups is 2. The number of nitrogens with zero attached hydrogens (tertiary/aromatic N) is 1. The third-order valence-electron chi connectivity index (χ3n) is 2.79. The molecule has 0 rings (SSSR count). The molecule has 0 radical (unpaired) electrons. The zero-order chi connectivity index (χ0) is 15.4. The smallest absolute Gasteiger partial charge is 0.306 e. The van der Waals surface area contributed by atoms with Crippen molar-refractivity contribution in [2.45, 2.75) is 46.1 Å². The molecule has 7 nitrogen and oxygen atoms in total. The first-order chi connectivity index (χ1) is 8.79. The number of nitro groups is 1. The van der Waals surface area contributed by atoms with Gasteiger partial charge in [-0.2, -0.15) is 0 Å². The molecule has 0 aliphatic carbocycles. The van der Waals surface area contributed by atoms with Crippen molar-refractivity contribution >= 4 is 11.9 Å². The van der Waals surface area contributed by atoms with Gasteiger partial charge < -0.3 is 9.47 Å². The molecule has 0 amide bonds. The molecular weight excluding hydrogens is 254 g/mol. The van der Waals surface area contributed by atoms with Crippen LogP contribution in [-0.2, 0) is 19.1 Å². The molecule has 19 heavy (non-hydrogen) atoms. The maximum absolute atomic E-state index is 10.4. The standard InChI is InChI=1S/C6H13NO2.C6H10O4/c1-4-5(2)6(3)7(8)9;1-9-5(7)3-4-6(8)10-2/h5-6H,4H2,1-3H3;3-4H2,1-2H3. The van der Waals surface area contributed by atoms with E-state index >= 15 is 0 Å². The molecule has 0 saturated carbocycles. The van der Waals surface area contributed by atoms with Crippen LogP contribution in [0.15, 0.2) is 0 Å². The highest BCUT2D eigenvalue weighted by atomic mass is 16.6. The Bertz CT molecular complexity index is 276.